The zero-order chi connectivity index (χ0) is 17.2. The molecule has 1 unspecified atom stereocenters. The summed E-state index contributed by atoms with van der Waals surface area (Å²) in [7, 11) is 0. The van der Waals surface area contributed by atoms with Gasteiger partial charge < -0.3 is 10.2 Å². The molecule has 4 heteroatoms. The van der Waals surface area contributed by atoms with Gasteiger partial charge in [-0.15, -0.1) is 0 Å². The van der Waals surface area contributed by atoms with Crippen molar-refractivity contribution in [1.29, 1.82) is 0 Å². The van der Waals surface area contributed by atoms with E-state index < -0.39 is 23.3 Å². The molecular weight excluding hydrogens is 304 g/mol. The molecule has 0 radical (unpaired) electrons. The van der Waals surface area contributed by atoms with Crippen LogP contribution in [0.3, 0.4) is 0 Å². The van der Waals surface area contributed by atoms with E-state index in [9.17, 15) is 19.8 Å². The molecule has 0 amide bonds. The number of allylic oxidation sites excluding steroid dienone is 1. The second kappa shape index (κ2) is 6.25. The molecule has 1 atom stereocenters. The highest BCUT2D eigenvalue weighted by Crippen LogP contribution is 2.31. The molecule has 118 valence electrons. The first-order valence-corrected chi connectivity index (χ1v) is 7.37. The Balaban J connectivity index is 2.00. The zero-order valence-electron chi connectivity index (χ0n) is 12.6. The van der Waals surface area contributed by atoms with Crippen LogP contribution in [0, 0.1) is 17.8 Å². The van der Waals surface area contributed by atoms with Crippen molar-refractivity contribution in [3.05, 3.63) is 77.9 Å². The maximum Gasteiger partial charge on any atom is 0.250 e. The van der Waals surface area contributed by atoms with E-state index in [0.717, 1.165) is 6.08 Å². The number of hydrogen-bond acceptors (Lipinski definition) is 4. The number of Topliss-reactive ketones (excluding diaryl/α,β-unsaturated/α-hetero) is 1. The lowest BCUT2D eigenvalue weighted by atomic mass is 9.80. The Kier molecular flexibility index (Phi) is 4.13. The second-order valence-corrected chi connectivity index (χ2v) is 5.45. The van der Waals surface area contributed by atoms with Crippen molar-refractivity contribution in [2.45, 2.75) is 5.79 Å². The molecule has 0 aliphatic heterocycles. The molecule has 2 aromatic carbocycles. The fourth-order valence-electron chi connectivity index (χ4n) is 2.50. The predicted octanol–water partition coefficient (Wildman–Crippen LogP) is 1.57. The lowest BCUT2D eigenvalue weighted by Crippen LogP contribution is -2.51. The van der Waals surface area contributed by atoms with Crippen LogP contribution >= 0.6 is 0 Å². The van der Waals surface area contributed by atoms with Gasteiger partial charge in [-0.1, -0.05) is 60.4 Å². The average Bonchev–Trinajstić information content (AvgIpc) is 2.60. The van der Waals surface area contributed by atoms with Crippen LogP contribution in [0.4, 0.5) is 0 Å². The maximum absolute atomic E-state index is 12.4. The fourth-order valence-corrected chi connectivity index (χ4v) is 2.50. The van der Waals surface area contributed by atoms with Gasteiger partial charge in [-0.2, -0.15) is 0 Å². The first kappa shape index (κ1) is 15.9. The van der Waals surface area contributed by atoms with Crippen molar-refractivity contribution in [1.82, 2.24) is 0 Å². The van der Waals surface area contributed by atoms with Crippen LogP contribution in [0.5, 0.6) is 0 Å². The summed E-state index contributed by atoms with van der Waals surface area (Å²) in [5.41, 5.74) is 1.05. The maximum atomic E-state index is 12.4. The van der Waals surface area contributed by atoms with Gasteiger partial charge in [0.2, 0.25) is 5.78 Å². The Morgan fingerprint density at radius 1 is 0.875 bits per heavy atom. The third kappa shape index (κ3) is 2.91. The molecule has 0 aromatic heterocycles. The number of benzene rings is 2. The van der Waals surface area contributed by atoms with Crippen molar-refractivity contribution >= 4 is 17.1 Å². The second-order valence-electron chi connectivity index (χ2n) is 5.45. The molecule has 0 fully saturated rings. The number of aliphatic hydroxyl groups is 2. The lowest BCUT2D eigenvalue weighted by Gasteiger charge is -2.29. The van der Waals surface area contributed by atoms with Crippen LogP contribution in [-0.2, 0) is 9.59 Å². The third-order valence-corrected chi connectivity index (χ3v) is 3.77. The predicted molar refractivity (Wildman–Crippen MR) is 88.4 cm³/mol. The fraction of sp³-hybridized carbons (Fsp3) is 0.100. The minimum atomic E-state index is -2.85. The molecule has 3 rings (SSSR count). The van der Waals surface area contributed by atoms with Gasteiger partial charge in [0.1, 0.15) is 5.92 Å². The molecule has 4 nitrogen and oxygen atoms in total. The summed E-state index contributed by atoms with van der Waals surface area (Å²) in [6.07, 6.45) is 1.13. The van der Waals surface area contributed by atoms with Gasteiger partial charge in [0, 0.05) is 11.1 Å². The number of hydrogen-bond donors (Lipinski definition) is 2. The number of carbonyl (C=O) groups is 2. The molecule has 0 heterocycles. The van der Waals surface area contributed by atoms with Crippen LogP contribution in [0.1, 0.15) is 11.1 Å². The Morgan fingerprint density at radius 2 is 1.46 bits per heavy atom. The normalized spacial score (nSPS) is 19.2. The van der Waals surface area contributed by atoms with Gasteiger partial charge in [0.25, 0.3) is 5.79 Å². The summed E-state index contributed by atoms with van der Waals surface area (Å²) < 4.78 is 0. The van der Waals surface area contributed by atoms with Crippen LogP contribution in [0.2, 0.25) is 0 Å². The quantitative estimate of drug-likeness (QED) is 0.618. The molecule has 0 bridgehead atoms. The van der Waals surface area contributed by atoms with Crippen molar-refractivity contribution < 1.29 is 19.8 Å². The van der Waals surface area contributed by atoms with E-state index in [-0.39, 0.29) is 5.57 Å². The molecule has 0 saturated carbocycles. The van der Waals surface area contributed by atoms with E-state index in [4.69, 9.17) is 0 Å². The number of carbonyl (C=O) groups excluding carboxylic acids is 2. The molecule has 24 heavy (non-hydrogen) atoms. The summed E-state index contributed by atoms with van der Waals surface area (Å²) in [6, 6.07) is 17.2. The zero-order valence-corrected chi connectivity index (χ0v) is 12.6. The SMILES string of the molecule is O=C1C=C(c2ccccc2)C(=O)C(O)(O)C1C#Cc1ccccc1. The Labute approximate surface area is 139 Å². The average molecular weight is 318 g/mol. The summed E-state index contributed by atoms with van der Waals surface area (Å²) in [6.45, 7) is 0. The van der Waals surface area contributed by atoms with Gasteiger partial charge in [-0.25, -0.2) is 0 Å². The smallest absolute Gasteiger partial charge is 0.250 e. The van der Waals surface area contributed by atoms with E-state index in [1.54, 1.807) is 54.6 Å². The molecular formula is C20H14O4. The van der Waals surface area contributed by atoms with Crippen LogP contribution in [0.25, 0.3) is 5.57 Å². The topological polar surface area (TPSA) is 74.6 Å². The largest absolute Gasteiger partial charge is 0.358 e. The molecule has 0 spiro atoms. The van der Waals surface area contributed by atoms with Crippen molar-refractivity contribution in [3.8, 4) is 11.8 Å². The Bertz CT molecular complexity index is 868. The molecule has 2 N–H and O–H groups in total. The summed E-state index contributed by atoms with van der Waals surface area (Å²) in [4.78, 5) is 24.7. The number of ketones is 2. The van der Waals surface area contributed by atoms with E-state index >= 15 is 0 Å². The van der Waals surface area contributed by atoms with Gasteiger partial charge in [-0.3, -0.25) is 9.59 Å². The number of rotatable bonds is 1. The van der Waals surface area contributed by atoms with Gasteiger partial charge in [0.05, 0.1) is 0 Å². The van der Waals surface area contributed by atoms with Crippen molar-refractivity contribution in [2.24, 2.45) is 5.92 Å². The van der Waals surface area contributed by atoms with Crippen molar-refractivity contribution in [2.75, 3.05) is 0 Å². The van der Waals surface area contributed by atoms with Gasteiger partial charge in [0.15, 0.2) is 5.78 Å². The highest BCUT2D eigenvalue weighted by molar-refractivity contribution is 6.31. The lowest BCUT2D eigenvalue weighted by molar-refractivity contribution is -0.191. The van der Waals surface area contributed by atoms with E-state index in [1.165, 1.54) is 0 Å². The van der Waals surface area contributed by atoms with Crippen LogP contribution in [-0.4, -0.2) is 27.6 Å². The van der Waals surface area contributed by atoms with Crippen LogP contribution in [0.15, 0.2) is 66.7 Å². The standard InChI is InChI=1S/C20H14O4/c21-18-13-16(15-9-5-2-6-10-15)19(22)20(23,24)17(18)12-11-14-7-3-1-4-8-14/h1-10,13,17,23-24H. The highest BCUT2D eigenvalue weighted by Gasteiger charge is 2.49. The summed E-state index contributed by atoms with van der Waals surface area (Å²) in [5, 5.41) is 20.4. The van der Waals surface area contributed by atoms with Crippen molar-refractivity contribution in [3.63, 3.8) is 0 Å². The first-order chi connectivity index (χ1) is 11.5. The summed E-state index contributed by atoms with van der Waals surface area (Å²) in [5.74, 6) is -0.685. The Morgan fingerprint density at radius 3 is 2.08 bits per heavy atom. The first-order valence-electron chi connectivity index (χ1n) is 7.37. The molecule has 2 aromatic rings. The van der Waals surface area contributed by atoms with E-state index in [1.807, 2.05) is 6.07 Å². The summed E-state index contributed by atoms with van der Waals surface area (Å²) >= 11 is 0. The minimum absolute atomic E-state index is 0.0247. The Hall–Kier alpha value is -3.00. The minimum Gasteiger partial charge on any atom is -0.358 e. The molecule has 1 aliphatic rings. The monoisotopic (exact) mass is 318 g/mol. The molecule has 1 aliphatic carbocycles. The third-order valence-electron chi connectivity index (χ3n) is 3.77. The van der Waals surface area contributed by atoms with Gasteiger partial charge in [-0.05, 0) is 23.8 Å². The highest BCUT2D eigenvalue weighted by atomic mass is 16.5. The van der Waals surface area contributed by atoms with Crippen LogP contribution < -0.4 is 0 Å². The van der Waals surface area contributed by atoms with E-state index in [2.05, 4.69) is 11.8 Å². The van der Waals surface area contributed by atoms with Gasteiger partial charge >= 0.3 is 0 Å². The van der Waals surface area contributed by atoms with E-state index in [0.29, 0.717) is 11.1 Å². The molecule has 0 saturated heterocycles.